The van der Waals surface area contributed by atoms with E-state index in [1.165, 1.54) is 77.0 Å². The predicted molar refractivity (Wildman–Crippen MR) is 385 cm³/mol. The van der Waals surface area contributed by atoms with Crippen molar-refractivity contribution in [3.63, 3.8) is 0 Å². The zero-order chi connectivity index (χ0) is 63.1. The molecule has 10 nitrogen and oxygen atoms in total. The molecule has 20 bridgehead atoms. The molecule has 0 amide bonds. The molecule has 17 aromatic rings. The minimum absolute atomic E-state index is 0.506. The fourth-order valence-electron chi connectivity index (χ4n) is 12.0. The molecule has 13 aromatic heterocycles. The number of aromatic nitrogens is 6. The Morgan fingerprint density at radius 3 is 0.663 bits per heavy atom. The van der Waals surface area contributed by atoms with Crippen molar-refractivity contribution >= 4 is 109 Å². The summed E-state index contributed by atoms with van der Waals surface area (Å²) in [4.78, 5) is 30.7. The van der Waals surface area contributed by atoms with E-state index in [9.17, 15) is 0 Å². The lowest BCUT2D eigenvalue weighted by Gasteiger charge is -2.09. The third-order valence-corrected chi connectivity index (χ3v) is 17.2. The topological polar surface area (TPSA) is 114 Å². The number of pyridine rings is 6. The monoisotopic (exact) mass is 1220 g/mol. The normalized spacial score (nSPS) is 11.6. The molecule has 0 radical (unpaired) electrons. The highest BCUT2D eigenvalue weighted by Crippen LogP contribution is 2.29. The van der Waals surface area contributed by atoms with Crippen molar-refractivity contribution in [3.05, 3.63) is 205 Å². The predicted octanol–water partition coefficient (Wildman–Crippen LogP) is 21.9. The van der Waals surface area contributed by atoms with Crippen molar-refractivity contribution < 1.29 is 18.9 Å². The van der Waals surface area contributed by atoms with Gasteiger partial charge in [-0.05, 0) is 212 Å². The molecule has 13 heterocycles. The van der Waals surface area contributed by atoms with Gasteiger partial charge in [-0.3, -0.25) is 19.9 Å². The van der Waals surface area contributed by atoms with Crippen LogP contribution in [0, 0.1) is 0 Å². The van der Waals surface area contributed by atoms with Crippen molar-refractivity contribution in [2.75, 3.05) is 26.4 Å². The molecule has 0 aliphatic heterocycles. The highest BCUT2D eigenvalue weighted by Gasteiger charge is 2.09. The van der Waals surface area contributed by atoms with E-state index in [0.717, 1.165) is 183 Å². The van der Waals surface area contributed by atoms with Crippen LogP contribution in [0.25, 0.3) is 109 Å². The van der Waals surface area contributed by atoms with Gasteiger partial charge < -0.3 is 18.9 Å². The van der Waals surface area contributed by atoms with Crippen LogP contribution in [0.5, 0.6) is 0 Å². The summed E-state index contributed by atoms with van der Waals surface area (Å²) in [5, 5.41) is 12.6. The second-order valence-electron chi connectivity index (χ2n) is 24.7. The fourth-order valence-corrected chi connectivity index (χ4v) is 12.0. The lowest BCUT2D eigenvalue weighted by molar-refractivity contribution is 0.117. The summed E-state index contributed by atoms with van der Waals surface area (Å²) in [5.41, 5.74) is 10.6. The van der Waals surface area contributed by atoms with E-state index in [0.29, 0.717) is 26.4 Å². The Bertz CT molecular complexity index is 3940. The van der Waals surface area contributed by atoms with Gasteiger partial charge in [0.05, 0.1) is 70.6 Å². The summed E-state index contributed by atoms with van der Waals surface area (Å²) in [5.74, 6) is 0. The average molecular weight is 1220 g/mol. The van der Waals surface area contributed by atoms with Crippen molar-refractivity contribution in [3.8, 4) is 0 Å². The number of hydrogen-bond acceptors (Lipinski definition) is 10. The molecule has 0 N–H and O–H groups in total. The average Bonchev–Trinajstić information content (AvgIpc) is 1.04. The maximum absolute atomic E-state index is 6.40. The first-order chi connectivity index (χ1) is 45.4. The van der Waals surface area contributed by atoms with Gasteiger partial charge in [0.15, 0.2) is 0 Å². The summed E-state index contributed by atoms with van der Waals surface area (Å²) in [6, 6.07) is 56.3. The summed E-state index contributed by atoms with van der Waals surface area (Å²) in [6.45, 7) is 13.9. The Labute approximate surface area is 542 Å². The first-order valence-electron chi connectivity index (χ1n) is 34.1. The molecule has 0 fully saturated rings. The maximum Gasteiger partial charge on any atom is 0.0894 e. The Kier molecular flexibility index (Phi) is 23.9. The van der Waals surface area contributed by atoms with Gasteiger partial charge >= 0.3 is 0 Å². The highest BCUT2D eigenvalue weighted by atomic mass is 16.5. The van der Waals surface area contributed by atoms with Crippen molar-refractivity contribution in [1.29, 1.82) is 0 Å². The molecule has 0 aliphatic rings. The van der Waals surface area contributed by atoms with Crippen LogP contribution in [-0.2, 0) is 45.4 Å². The lowest BCUT2D eigenvalue weighted by Crippen LogP contribution is -1.96. The standard InChI is InChI=1S/C82H90N6O4/c1-5-9-13-17-35-89-55-59-39-67-47-71(43-59)72-44-60(56-90-36-18-14-10-6-2)40-68(48-72)64-28-32-76(84-52-64)81-25-22-26-82(88-81)78-34-30-66(54-86-78)70-42-62(58-92-38-20-16-12-8-4)46-74(50-70)73-45-61(57-91-37-19-15-11-7-3)41-69(49-73)65-29-33-77(85-53-65)80-24-21-23-79(87-80)75-31-27-63(67)51-83-75/h21-34,39-54H,5-20,35-38,55-58H2,1-4H3. The molecule has 0 spiro atoms. The SMILES string of the molecule is CCCCCCOCc1cc2cc(c1)c1cc(COCCCCCC)cc(c1)c1ccc(nc1)c1cccc(n1)c1ccc(cn1)c1cc(COCCCCCC)cc(c1)c1cc(COCCCCCC)cc(c1)c1ccc(nc1)c1cccc(n1)c1ccc2cn1. The zero-order valence-electron chi connectivity index (χ0n) is 54.6. The lowest BCUT2D eigenvalue weighted by atomic mass is 10.0. The molecule has 92 heavy (non-hydrogen) atoms. The largest absolute Gasteiger partial charge is 0.377 e. The van der Waals surface area contributed by atoms with Crippen LogP contribution < -0.4 is 0 Å². The first-order valence-corrected chi connectivity index (χ1v) is 34.1. The molecule has 0 unspecified atom stereocenters. The first kappa shape index (κ1) is 65.1. The third-order valence-electron chi connectivity index (χ3n) is 17.2. The van der Waals surface area contributed by atoms with E-state index in [4.69, 9.17) is 48.9 Å². The van der Waals surface area contributed by atoms with Gasteiger partial charge in [0.1, 0.15) is 0 Å². The Morgan fingerprint density at radius 2 is 0.457 bits per heavy atom. The summed E-state index contributed by atoms with van der Waals surface area (Å²) in [7, 11) is 0. The van der Waals surface area contributed by atoms with Gasteiger partial charge in [-0.15, -0.1) is 0 Å². The fraction of sp³-hybridized carbons (Fsp3) is 0.341. The van der Waals surface area contributed by atoms with Crippen molar-refractivity contribution in [2.45, 2.75) is 157 Å². The molecular weight excluding hydrogens is 1130 g/mol. The zero-order valence-corrected chi connectivity index (χ0v) is 54.6. The number of rotatable bonds is 28. The second-order valence-corrected chi connectivity index (χ2v) is 24.7. The Morgan fingerprint density at radius 1 is 0.228 bits per heavy atom. The minimum atomic E-state index is 0.506. The smallest absolute Gasteiger partial charge is 0.0894 e. The number of unbranched alkanes of at least 4 members (excludes halogenated alkanes) is 12. The Balaban J connectivity index is 1.10. The number of hydrogen-bond donors (Lipinski definition) is 0. The summed E-state index contributed by atoms with van der Waals surface area (Å²) >= 11 is 0. The molecule has 472 valence electrons. The van der Waals surface area contributed by atoms with Crippen LogP contribution in [0.3, 0.4) is 0 Å². The van der Waals surface area contributed by atoms with E-state index in [1.54, 1.807) is 0 Å². The third kappa shape index (κ3) is 18.0. The van der Waals surface area contributed by atoms with Gasteiger partial charge in [-0.25, -0.2) is 9.97 Å². The number of ether oxygens (including phenoxy) is 4. The van der Waals surface area contributed by atoms with Gasteiger partial charge in [0.2, 0.25) is 0 Å². The van der Waals surface area contributed by atoms with Crippen molar-refractivity contribution in [2.24, 2.45) is 0 Å². The van der Waals surface area contributed by atoms with Crippen LogP contribution >= 0.6 is 0 Å². The van der Waals surface area contributed by atoms with E-state index in [1.807, 2.05) is 61.2 Å². The molecular formula is C82H90N6O4. The Hall–Kier alpha value is -8.38. The molecule has 0 aliphatic carbocycles. The highest BCUT2D eigenvalue weighted by molar-refractivity contribution is 5.99. The molecule has 0 saturated carbocycles. The van der Waals surface area contributed by atoms with E-state index in [-0.39, 0.29) is 0 Å². The van der Waals surface area contributed by atoms with Crippen LogP contribution in [0.1, 0.15) is 153 Å². The molecule has 0 saturated heterocycles. The van der Waals surface area contributed by atoms with Crippen LogP contribution in [-0.4, -0.2) is 56.3 Å². The number of benzene rings is 4. The molecule has 10 heteroatoms. The summed E-state index contributed by atoms with van der Waals surface area (Å²) < 4.78 is 25.6. The van der Waals surface area contributed by atoms with E-state index >= 15 is 0 Å². The maximum atomic E-state index is 6.40. The molecule has 4 aromatic carbocycles. The van der Waals surface area contributed by atoms with E-state index in [2.05, 4.69) is 149 Å². The van der Waals surface area contributed by atoms with E-state index < -0.39 is 0 Å². The molecule has 17 rings (SSSR count). The van der Waals surface area contributed by atoms with Gasteiger partial charge in [0, 0.05) is 72.8 Å². The van der Waals surface area contributed by atoms with Crippen LogP contribution in [0.4, 0.5) is 0 Å². The summed E-state index contributed by atoms with van der Waals surface area (Å²) in [6.07, 6.45) is 26.3. The van der Waals surface area contributed by atoms with Gasteiger partial charge in [0.25, 0.3) is 0 Å². The molecule has 0 atom stereocenters. The number of nitrogens with zero attached hydrogens (tertiary/aromatic N) is 6. The second kappa shape index (κ2) is 33.8. The van der Waals surface area contributed by atoms with Gasteiger partial charge in [-0.2, -0.15) is 0 Å². The van der Waals surface area contributed by atoms with Crippen LogP contribution in [0.15, 0.2) is 183 Å². The minimum Gasteiger partial charge on any atom is -0.377 e. The van der Waals surface area contributed by atoms with Crippen LogP contribution in [0.2, 0.25) is 0 Å². The quantitative estimate of drug-likeness (QED) is 0.0439. The van der Waals surface area contributed by atoms with Gasteiger partial charge in [-0.1, -0.05) is 141 Å². The van der Waals surface area contributed by atoms with Crippen molar-refractivity contribution in [1.82, 2.24) is 29.9 Å².